The number of aromatic nitrogens is 2. The fourth-order valence-corrected chi connectivity index (χ4v) is 1.65. The Labute approximate surface area is 90.6 Å². The second kappa shape index (κ2) is 3.41. The molecule has 0 aliphatic carbocycles. The Morgan fingerprint density at radius 1 is 1.50 bits per heavy atom. The lowest BCUT2D eigenvalue weighted by Crippen LogP contribution is -2.06. The summed E-state index contributed by atoms with van der Waals surface area (Å²) in [7, 11) is 0. The number of aryl methyl sites for hydroxylation is 1. The zero-order chi connectivity index (χ0) is 11.9. The monoisotopic (exact) mass is 219 g/mol. The zero-order valence-corrected chi connectivity index (χ0v) is 8.80. The lowest BCUT2D eigenvalue weighted by atomic mass is 10.1. The molecule has 0 amide bonds. The van der Waals surface area contributed by atoms with Gasteiger partial charge in [0.05, 0.1) is 22.0 Å². The fraction of sp³-hybridized carbons (Fsp3) is 0.200. The summed E-state index contributed by atoms with van der Waals surface area (Å²) in [4.78, 5) is 21.6. The third kappa shape index (κ3) is 1.44. The minimum absolute atomic E-state index is 0.0255. The molecule has 6 nitrogen and oxygen atoms in total. The van der Waals surface area contributed by atoms with Crippen molar-refractivity contribution in [3.05, 3.63) is 34.0 Å². The van der Waals surface area contributed by atoms with Crippen LogP contribution in [0.1, 0.15) is 17.3 Å². The van der Waals surface area contributed by atoms with Crippen molar-refractivity contribution in [2.24, 2.45) is 0 Å². The first-order chi connectivity index (χ1) is 7.50. The van der Waals surface area contributed by atoms with Crippen LogP contribution in [0.15, 0.2) is 18.3 Å². The van der Waals surface area contributed by atoms with Crippen molar-refractivity contribution in [3.63, 3.8) is 0 Å². The van der Waals surface area contributed by atoms with Gasteiger partial charge in [-0.05, 0) is 18.6 Å². The maximum absolute atomic E-state index is 11.2. The van der Waals surface area contributed by atoms with Crippen molar-refractivity contribution in [1.82, 2.24) is 9.78 Å². The van der Waals surface area contributed by atoms with Gasteiger partial charge in [0, 0.05) is 13.0 Å². The molecule has 16 heavy (non-hydrogen) atoms. The Morgan fingerprint density at radius 2 is 2.19 bits per heavy atom. The number of nitrogens with zero attached hydrogens (tertiary/aromatic N) is 3. The van der Waals surface area contributed by atoms with E-state index < -0.39 is 4.92 Å². The number of hydrogen-bond donors (Lipinski definition) is 0. The van der Waals surface area contributed by atoms with E-state index in [2.05, 4.69) is 5.10 Å². The van der Waals surface area contributed by atoms with E-state index in [-0.39, 0.29) is 11.6 Å². The number of rotatable bonds is 1. The van der Waals surface area contributed by atoms with Gasteiger partial charge < -0.3 is 0 Å². The van der Waals surface area contributed by atoms with Crippen LogP contribution in [0.5, 0.6) is 0 Å². The van der Waals surface area contributed by atoms with Gasteiger partial charge in [-0.15, -0.1) is 0 Å². The van der Waals surface area contributed by atoms with E-state index in [4.69, 9.17) is 0 Å². The molecule has 1 aromatic carbocycles. The summed E-state index contributed by atoms with van der Waals surface area (Å²) in [5.41, 5.74) is 1.17. The first-order valence-corrected chi connectivity index (χ1v) is 4.64. The first kappa shape index (κ1) is 10.3. The second-order valence-electron chi connectivity index (χ2n) is 3.55. The Bertz CT molecular complexity index is 601. The average molecular weight is 219 g/mol. The summed E-state index contributed by atoms with van der Waals surface area (Å²) in [6.07, 6.45) is 1.34. The predicted molar refractivity (Wildman–Crippen MR) is 57.4 cm³/mol. The van der Waals surface area contributed by atoms with Crippen molar-refractivity contribution in [1.29, 1.82) is 0 Å². The van der Waals surface area contributed by atoms with E-state index in [1.54, 1.807) is 13.0 Å². The van der Waals surface area contributed by atoms with E-state index in [9.17, 15) is 14.9 Å². The number of carbonyl (C=O) groups is 1. The van der Waals surface area contributed by atoms with Crippen LogP contribution in [0.4, 0.5) is 5.69 Å². The lowest BCUT2D eigenvalue weighted by molar-refractivity contribution is -0.383. The molecule has 82 valence electrons. The zero-order valence-electron chi connectivity index (χ0n) is 8.80. The lowest BCUT2D eigenvalue weighted by Gasteiger charge is -1.99. The summed E-state index contributed by atoms with van der Waals surface area (Å²) >= 11 is 0. The minimum Gasteiger partial charge on any atom is -0.273 e. The van der Waals surface area contributed by atoms with Gasteiger partial charge in [-0.1, -0.05) is 0 Å². The van der Waals surface area contributed by atoms with Gasteiger partial charge in [-0.25, -0.2) is 4.68 Å². The highest BCUT2D eigenvalue weighted by molar-refractivity contribution is 5.95. The molecule has 6 heteroatoms. The van der Waals surface area contributed by atoms with Crippen LogP contribution in [0.2, 0.25) is 0 Å². The topological polar surface area (TPSA) is 78.0 Å². The minimum atomic E-state index is -0.471. The Morgan fingerprint density at radius 3 is 2.75 bits per heavy atom. The maximum Gasteiger partial charge on any atom is 0.280 e. The molecule has 0 aliphatic rings. The molecule has 2 rings (SSSR count). The van der Waals surface area contributed by atoms with Crippen LogP contribution in [0, 0.1) is 17.0 Å². The number of carbonyl (C=O) groups excluding carboxylic acids is 1. The average Bonchev–Trinajstić information content (AvgIpc) is 2.59. The summed E-state index contributed by atoms with van der Waals surface area (Å²) in [5, 5.41) is 15.1. The molecule has 0 atom stereocenters. The number of nitro groups is 1. The van der Waals surface area contributed by atoms with Crippen molar-refractivity contribution >= 4 is 22.5 Å². The van der Waals surface area contributed by atoms with Crippen LogP contribution < -0.4 is 0 Å². The van der Waals surface area contributed by atoms with E-state index in [1.165, 1.54) is 19.2 Å². The second-order valence-corrected chi connectivity index (χ2v) is 3.55. The Balaban J connectivity index is 2.86. The van der Waals surface area contributed by atoms with E-state index in [0.29, 0.717) is 10.9 Å². The molecule has 0 unspecified atom stereocenters. The van der Waals surface area contributed by atoms with Crippen molar-refractivity contribution in [3.8, 4) is 0 Å². The number of nitro benzene ring substituents is 1. The van der Waals surface area contributed by atoms with Crippen molar-refractivity contribution in [2.45, 2.75) is 13.8 Å². The number of non-ortho nitro benzene ring substituents is 1. The first-order valence-electron chi connectivity index (χ1n) is 4.64. The van der Waals surface area contributed by atoms with E-state index in [1.807, 2.05) is 0 Å². The highest BCUT2D eigenvalue weighted by Gasteiger charge is 2.17. The normalized spacial score (nSPS) is 10.6. The molecule has 0 bridgehead atoms. The van der Waals surface area contributed by atoms with Gasteiger partial charge in [0.2, 0.25) is 5.91 Å². The number of hydrogen-bond acceptors (Lipinski definition) is 4. The molecule has 0 aliphatic heterocycles. The van der Waals surface area contributed by atoms with Crippen LogP contribution in [-0.4, -0.2) is 20.6 Å². The highest BCUT2D eigenvalue weighted by Crippen LogP contribution is 2.26. The largest absolute Gasteiger partial charge is 0.280 e. The maximum atomic E-state index is 11.2. The molecule has 2 aromatic rings. The van der Waals surface area contributed by atoms with Gasteiger partial charge in [0.1, 0.15) is 0 Å². The third-order valence-electron chi connectivity index (χ3n) is 2.31. The van der Waals surface area contributed by atoms with E-state index >= 15 is 0 Å². The number of fused-ring (bicyclic) bond motifs is 1. The van der Waals surface area contributed by atoms with Crippen LogP contribution in [0.25, 0.3) is 10.9 Å². The van der Waals surface area contributed by atoms with Gasteiger partial charge in [-0.2, -0.15) is 5.10 Å². The molecular weight excluding hydrogens is 210 g/mol. The summed E-state index contributed by atoms with van der Waals surface area (Å²) in [5.74, 6) is -0.269. The SMILES string of the molecule is CC(=O)n1ncc2c([N+](=O)[O-])cc(C)cc21. The summed E-state index contributed by atoms with van der Waals surface area (Å²) in [6, 6.07) is 3.17. The van der Waals surface area contributed by atoms with Gasteiger partial charge >= 0.3 is 0 Å². The highest BCUT2D eigenvalue weighted by atomic mass is 16.6. The molecule has 0 radical (unpaired) electrons. The third-order valence-corrected chi connectivity index (χ3v) is 2.31. The van der Waals surface area contributed by atoms with Gasteiger partial charge in [0.25, 0.3) is 5.69 Å². The summed E-state index contributed by atoms with van der Waals surface area (Å²) < 4.78 is 1.16. The van der Waals surface area contributed by atoms with Crippen LogP contribution >= 0.6 is 0 Å². The molecular formula is C10H9N3O3. The van der Waals surface area contributed by atoms with E-state index in [0.717, 1.165) is 10.2 Å². The summed E-state index contributed by atoms with van der Waals surface area (Å²) in [6.45, 7) is 3.10. The predicted octanol–water partition coefficient (Wildman–Crippen LogP) is 1.91. The fourth-order valence-electron chi connectivity index (χ4n) is 1.65. The molecule has 1 aromatic heterocycles. The Kier molecular flexibility index (Phi) is 2.19. The molecule has 0 N–H and O–H groups in total. The molecule has 0 saturated carbocycles. The quantitative estimate of drug-likeness (QED) is 0.542. The molecule has 0 spiro atoms. The van der Waals surface area contributed by atoms with Crippen LogP contribution in [-0.2, 0) is 0 Å². The number of benzene rings is 1. The Hall–Kier alpha value is -2.24. The molecule has 1 heterocycles. The van der Waals surface area contributed by atoms with Gasteiger partial charge in [0.15, 0.2) is 0 Å². The van der Waals surface area contributed by atoms with Crippen LogP contribution in [0.3, 0.4) is 0 Å². The van der Waals surface area contributed by atoms with Crippen molar-refractivity contribution in [2.75, 3.05) is 0 Å². The molecule has 0 fully saturated rings. The smallest absolute Gasteiger partial charge is 0.273 e. The van der Waals surface area contributed by atoms with Crippen molar-refractivity contribution < 1.29 is 9.72 Å². The molecule has 0 saturated heterocycles. The van der Waals surface area contributed by atoms with Gasteiger partial charge in [-0.3, -0.25) is 14.9 Å². The standard InChI is InChI=1S/C10H9N3O3/c1-6-3-9-8(10(4-6)13(15)16)5-11-12(9)7(2)14/h3-5H,1-2H3.